The minimum absolute atomic E-state index is 0.132. The van der Waals surface area contributed by atoms with Gasteiger partial charge in [0.05, 0.1) is 0 Å². The molecular formula is C29H30N2O4. The topological polar surface area (TPSA) is 87.6 Å². The van der Waals surface area contributed by atoms with Crippen molar-refractivity contribution in [2.75, 3.05) is 0 Å². The Kier molecular flexibility index (Phi) is 7.83. The molecule has 0 fully saturated rings. The molecule has 1 aromatic heterocycles. The molecule has 0 spiro atoms. The number of hydrogen-bond donors (Lipinski definition) is 1. The SMILES string of the molecule is CC(C)c1cc(CCc2cc(C(N)=O)no2)c(OCc2ccccc2)cc1OCc1ccccc1. The third-order valence-electron chi connectivity index (χ3n) is 5.74. The van der Waals surface area contributed by atoms with Crippen LogP contribution >= 0.6 is 0 Å². The molecule has 4 aromatic rings. The second kappa shape index (κ2) is 11.4. The van der Waals surface area contributed by atoms with Gasteiger partial charge in [0.2, 0.25) is 0 Å². The lowest BCUT2D eigenvalue weighted by molar-refractivity contribution is 0.0991. The van der Waals surface area contributed by atoms with Crippen LogP contribution in [0, 0.1) is 0 Å². The molecule has 0 atom stereocenters. The maximum absolute atomic E-state index is 11.3. The maximum atomic E-state index is 11.3. The molecule has 1 amide bonds. The second-order valence-corrected chi connectivity index (χ2v) is 8.74. The molecule has 0 bridgehead atoms. The summed E-state index contributed by atoms with van der Waals surface area (Å²) in [5, 5.41) is 3.74. The van der Waals surface area contributed by atoms with E-state index in [-0.39, 0.29) is 11.6 Å². The predicted octanol–water partition coefficient (Wildman–Crippen LogP) is 5.84. The van der Waals surface area contributed by atoms with Gasteiger partial charge in [-0.15, -0.1) is 0 Å². The van der Waals surface area contributed by atoms with Gasteiger partial charge in [0.15, 0.2) is 5.69 Å². The summed E-state index contributed by atoms with van der Waals surface area (Å²) in [5.41, 5.74) is 9.76. The first-order chi connectivity index (χ1) is 17.0. The zero-order chi connectivity index (χ0) is 24.6. The number of primary amides is 1. The molecule has 1 heterocycles. The smallest absolute Gasteiger partial charge is 0.270 e. The average Bonchev–Trinajstić information content (AvgIpc) is 3.36. The Bertz CT molecular complexity index is 1250. The molecule has 35 heavy (non-hydrogen) atoms. The van der Waals surface area contributed by atoms with Crippen molar-refractivity contribution in [3.63, 3.8) is 0 Å². The van der Waals surface area contributed by atoms with E-state index < -0.39 is 5.91 Å². The van der Waals surface area contributed by atoms with Crippen LogP contribution in [0.5, 0.6) is 11.5 Å². The largest absolute Gasteiger partial charge is 0.488 e. The minimum Gasteiger partial charge on any atom is -0.488 e. The molecule has 3 aromatic carbocycles. The number of amides is 1. The van der Waals surface area contributed by atoms with E-state index in [4.69, 9.17) is 19.7 Å². The van der Waals surface area contributed by atoms with Crippen molar-refractivity contribution >= 4 is 5.91 Å². The molecule has 0 aliphatic carbocycles. The number of nitrogens with zero attached hydrogens (tertiary/aromatic N) is 1. The van der Waals surface area contributed by atoms with Gasteiger partial charge in [0, 0.05) is 18.6 Å². The monoisotopic (exact) mass is 470 g/mol. The van der Waals surface area contributed by atoms with Gasteiger partial charge in [0.1, 0.15) is 30.5 Å². The van der Waals surface area contributed by atoms with Gasteiger partial charge in [-0.3, -0.25) is 4.79 Å². The number of carbonyl (C=O) groups excluding carboxylic acids is 1. The van der Waals surface area contributed by atoms with Crippen LogP contribution in [0.4, 0.5) is 0 Å². The van der Waals surface area contributed by atoms with Gasteiger partial charge in [-0.2, -0.15) is 0 Å². The first-order valence-corrected chi connectivity index (χ1v) is 11.7. The van der Waals surface area contributed by atoms with Gasteiger partial charge in [-0.25, -0.2) is 0 Å². The molecule has 2 N–H and O–H groups in total. The summed E-state index contributed by atoms with van der Waals surface area (Å²) in [4.78, 5) is 11.3. The fourth-order valence-corrected chi connectivity index (χ4v) is 3.81. The van der Waals surface area contributed by atoms with E-state index in [9.17, 15) is 4.79 Å². The fraction of sp³-hybridized carbons (Fsp3) is 0.241. The average molecular weight is 471 g/mol. The molecule has 6 nitrogen and oxygen atoms in total. The van der Waals surface area contributed by atoms with Crippen LogP contribution in [-0.4, -0.2) is 11.1 Å². The highest BCUT2D eigenvalue weighted by atomic mass is 16.5. The van der Waals surface area contributed by atoms with Gasteiger partial charge < -0.3 is 19.7 Å². The van der Waals surface area contributed by atoms with Crippen LogP contribution in [0.2, 0.25) is 0 Å². The van der Waals surface area contributed by atoms with Gasteiger partial charge in [-0.05, 0) is 40.7 Å². The summed E-state index contributed by atoms with van der Waals surface area (Å²) in [6.07, 6.45) is 1.21. The van der Waals surface area contributed by atoms with E-state index in [1.165, 1.54) is 0 Å². The number of rotatable bonds is 11. The first-order valence-electron chi connectivity index (χ1n) is 11.7. The first kappa shape index (κ1) is 24.1. The molecule has 0 unspecified atom stereocenters. The second-order valence-electron chi connectivity index (χ2n) is 8.74. The summed E-state index contributed by atoms with van der Waals surface area (Å²) in [6, 6.07) is 25.9. The number of ether oxygens (including phenoxy) is 2. The van der Waals surface area contributed by atoms with E-state index >= 15 is 0 Å². The standard InChI is InChI=1S/C29H30N2O4/c1-20(2)25-15-23(13-14-24-16-26(29(30)32)31-35-24)27(33-18-21-9-5-3-6-10-21)17-28(25)34-19-22-11-7-4-8-12-22/h3-12,15-17,20H,13-14,18-19H2,1-2H3,(H2,30,32). The Balaban J connectivity index is 1.60. The van der Waals surface area contributed by atoms with Crippen molar-refractivity contribution in [2.24, 2.45) is 5.73 Å². The quantitative estimate of drug-likeness (QED) is 0.297. The molecule has 0 radical (unpaired) electrons. The van der Waals surface area contributed by atoms with Crippen molar-refractivity contribution in [3.8, 4) is 11.5 Å². The molecule has 180 valence electrons. The summed E-state index contributed by atoms with van der Waals surface area (Å²) in [6.45, 7) is 5.22. The highest BCUT2D eigenvalue weighted by Crippen LogP contribution is 2.35. The van der Waals surface area contributed by atoms with Gasteiger partial charge >= 0.3 is 0 Å². The highest BCUT2D eigenvalue weighted by molar-refractivity contribution is 5.90. The zero-order valence-electron chi connectivity index (χ0n) is 20.1. The van der Waals surface area contributed by atoms with Crippen molar-refractivity contribution < 1.29 is 18.8 Å². The Morgan fingerprint density at radius 1 is 0.857 bits per heavy atom. The Morgan fingerprint density at radius 3 is 2.00 bits per heavy atom. The van der Waals surface area contributed by atoms with E-state index in [0.717, 1.165) is 33.8 Å². The predicted molar refractivity (Wildman–Crippen MR) is 135 cm³/mol. The van der Waals surface area contributed by atoms with Crippen LogP contribution in [-0.2, 0) is 26.1 Å². The van der Waals surface area contributed by atoms with Crippen molar-refractivity contribution in [1.82, 2.24) is 5.16 Å². The van der Waals surface area contributed by atoms with Crippen LogP contribution in [0.3, 0.4) is 0 Å². The summed E-state index contributed by atoms with van der Waals surface area (Å²) < 4.78 is 17.8. The Morgan fingerprint density at radius 2 is 1.46 bits per heavy atom. The number of hydrogen-bond acceptors (Lipinski definition) is 5. The van der Waals surface area contributed by atoms with Crippen LogP contribution in [0.25, 0.3) is 0 Å². The fourth-order valence-electron chi connectivity index (χ4n) is 3.81. The third kappa shape index (κ3) is 6.51. The normalized spacial score (nSPS) is 10.9. The van der Waals surface area contributed by atoms with Gasteiger partial charge in [-0.1, -0.05) is 79.7 Å². The Hall–Kier alpha value is -4.06. The van der Waals surface area contributed by atoms with Crippen molar-refractivity contribution in [2.45, 2.75) is 45.8 Å². The van der Waals surface area contributed by atoms with Crippen LogP contribution < -0.4 is 15.2 Å². The highest BCUT2D eigenvalue weighted by Gasteiger charge is 2.17. The molecule has 0 aliphatic heterocycles. The third-order valence-corrected chi connectivity index (χ3v) is 5.74. The minimum atomic E-state index is -0.603. The van der Waals surface area contributed by atoms with Crippen molar-refractivity contribution in [1.29, 1.82) is 0 Å². The molecule has 6 heteroatoms. The van der Waals surface area contributed by atoms with E-state index in [1.807, 2.05) is 66.7 Å². The number of benzene rings is 3. The Labute approximate surface area is 205 Å². The lowest BCUT2D eigenvalue weighted by Gasteiger charge is -2.19. The van der Waals surface area contributed by atoms with Crippen LogP contribution in [0.1, 0.15) is 58.3 Å². The number of aryl methyl sites for hydroxylation is 2. The lowest BCUT2D eigenvalue weighted by Crippen LogP contribution is -2.10. The summed E-state index contributed by atoms with van der Waals surface area (Å²) >= 11 is 0. The zero-order valence-corrected chi connectivity index (χ0v) is 20.1. The van der Waals surface area contributed by atoms with Crippen LogP contribution in [0.15, 0.2) is 83.4 Å². The summed E-state index contributed by atoms with van der Waals surface area (Å²) in [5.74, 6) is 1.83. The van der Waals surface area contributed by atoms with E-state index in [0.29, 0.717) is 31.8 Å². The number of nitrogens with two attached hydrogens (primary N) is 1. The number of carbonyl (C=O) groups is 1. The van der Waals surface area contributed by atoms with Crippen molar-refractivity contribution in [3.05, 3.63) is 113 Å². The molecule has 0 saturated heterocycles. The lowest BCUT2D eigenvalue weighted by atomic mass is 9.96. The van der Waals surface area contributed by atoms with E-state index in [2.05, 4.69) is 25.1 Å². The van der Waals surface area contributed by atoms with Gasteiger partial charge in [0.25, 0.3) is 5.91 Å². The van der Waals surface area contributed by atoms with E-state index in [1.54, 1.807) is 6.07 Å². The molecule has 0 aliphatic rings. The summed E-state index contributed by atoms with van der Waals surface area (Å²) in [7, 11) is 0. The maximum Gasteiger partial charge on any atom is 0.270 e. The molecular weight excluding hydrogens is 440 g/mol. The number of aromatic nitrogens is 1. The molecule has 4 rings (SSSR count). The molecule has 0 saturated carbocycles.